The summed E-state index contributed by atoms with van der Waals surface area (Å²) < 4.78 is 33.7. The second-order valence-electron chi connectivity index (χ2n) is 4.16. The Morgan fingerprint density at radius 1 is 1.42 bits per heavy atom. The molecule has 1 heterocycles. The molecule has 6 nitrogen and oxygen atoms in total. The van der Waals surface area contributed by atoms with Crippen LogP contribution in [-0.2, 0) is 14.6 Å². The van der Waals surface area contributed by atoms with E-state index in [0.717, 1.165) is 17.0 Å². The second kappa shape index (κ2) is 6.02. The molecule has 0 saturated heterocycles. The Morgan fingerprint density at radius 2 is 1.95 bits per heavy atom. The lowest BCUT2D eigenvalue weighted by Crippen LogP contribution is -2.27. The van der Waals surface area contributed by atoms with E-state index in [1.165, 1.54) is 0 Å². The molecule has 1 aliphatic heterocycles. The Balaban J connectivity index is 2.80. The monoisotopic (exact) mass is 284 g/mol. The minimum absolute atomic E-state index is 0.147. The van der Waals surface area contributed by atoms with Crippen LogP contribution in [0.2, 0.25) is 0 Å². The van der Waals surface area contributed by atoms with Gasteiger partial charge in [-0.05, 0) is 38.5 Å². The van der Waals surface area contributed by atoms with Crippen molar-refractivity contribution in [3.63, 3.8) is 0 Å². The smallest absolute Gasteiger partial charge is 0.347 e. The van der Waals surface area contributed by atoms with Crippen molar-refractivity contribution < 1.29 is 17.2 Å². The maximum Gasteiger partial charge on any atom is 0.397 e. The lowest BCUT2D eigenvalue weighted by Gasteiger charge is -2.29. The quantitative estimate of drug-likeness (QED) is 0.625. The van der Waals surface area contributed by atoms with Gasteiger partial charge >= 0.3 is 10.4 Å². The van der Waals surface area contributed by atoms with Gasteiger partial charge in [0, 0.05) is 23.5 Å². The third-order valence-corrected chi connectivity index (χ3v) is 3.19. The molecule has 0 saturated carbocycles. The van der Waals surface area contributed by atoms with Crippen LogP contribution in [0.5, 0.6) is 0 Å². The molecule has 104 valence electrons. The van der Waals surface area contributed by atoms with Crippen LogP contribution in [0.4, 0.5) is 0 Å². The molecule has 1 rings (SSSR count). The van der Waals surface area contributed by atoms with Crippen LogP contribution < -0.4 is 0 Å². The van der Waals surface area contributed by atoms with Crippen molar-refractivity contribution in [1.82, 2.24) is 4.90 Å². The van der Waals surface area contributed by atoms with Crippen molar-refractivity contribution in [3.8, 4) is 6.07 Å². The van der Waals surface area contributed by atoms with Gasteiger partial charge in [0.2, 0.25) is 0 Å². The first kappa shape index (κ1) is 15.4. The highest BCUT2D eigenvalue weighted by atomic mass is 32.3. The Labute approximate surface area is 113 Å². The van der Waals surface area contributed by atoms with Gasteiger partial charge in [-0.2, -0.15) is 13.7 Å². The zero-order chi connectivity index (χ0) is 14.6. The highest BCUT2D eigenvalue weighted by Gasteiger charge is 2.15. The first-order chi connectivity index (χ1) is 8.74. The Kier molecular flexibility index (Phi) is 4.89. The number of allylic oxidation sites excluding steroid dienone is 6. The lowest BCUT2D eigenvalue weighted by molar-refractivity contribution is 0.239. The fraction of sp³-hybridized carbons (Fsp3) is 0.417. The van der Waals surface area contributed by atoms with Gasteiger partial charge in [-0.3, -0.25) is 4.55 Å². The number of hydrogen-bond donors (Lipinski definition) is 1. The summed E-state index contributed by atoms with van der Waals surface area (Å²) in [5.41, 5.74) is 3.21. The number of rotatable bonds is 4. The van der Waals surface area contributed by atoms with Crippen LogP contribution in [0.25, 0.3) is 0 Å². The van der Waals surface area contributed by atoms with E-state index in [4.69, 9.17) is 9.81 Å². The summed E-state index contributed by atoms with van der Waals surface area (Å²) in [6, 6.07) is 2.09. The summed E-state index contributed by atoms with van der Waals surface area (Å²) in [6.07, 6.45) is 3.69. The highest BCUT2D eigenvalue weighted by molar-refractivity contribution is 7.80. The number of nitriles is 1. The molecule has 0 amide bonds. The zero-order valence-electron chi connectivity index (χ0n) is 11.0. The van der Waals surface area contributed by atoms with Crippen LogP contribution >= 0.6 is 0 Å². The van der Waals surface area contributed by atoms with E-state index in [-0.39, 0.29) is 6.61 Å². The van der Waals surface area contributed by atoms with E-state index in [1.54, 1.807) is 6.92 Å². The maximum atomic E-state index is 10.5. The summed E-state index contributed by atoms with van der Waals surface area (Å²) in [6.45, 7) is 5.60. The molecule has 0 radical (unpaired) electrons. The van der Waals surface area contributed by atoms with Crippen molar-refractivity contribution in [2.75, 3.05) is 13.2 Å². The number of nitrogens with zero attached hydrogens (tertiary/aromatic N) is 2. The standard InChI is InChI=1S/C12H16N2O4S/c1-9(8-13)12-6-10(2)14(11(3)7-12)4-5-18-19(15,16)17/h6-7H,4-5H2,1-3H3,(H,15,16,17). The summed E-state index contributed by atoms with van der Waals surface area (Å²) in [7, 11) is -4.41. The molecule has 0 aromatic carbocycles. The molecule has 0 aromatic rings. The van der Waals surface area contributed by atoms with E-state index >= 15 is 0 Å². The highest BCUT2D eigenvalue weighted by Crippen LogP contribution is 2.24. The lowest BCUT2D eigenvalue weighted by atomic mass is 10.0. The van der Waals surface area contributed by atoms with E-state index in [1.807, 2.05) is 30.9 Å². The Hall–Kier alpha value is -1.62. The van der Waals surface area contributed by atoms with Gasteiger partial charge in [0.15, 0.2) is 0 Å². The van der Waals surface area contributed by atoms with Gasteiger partial charge in [-0.25, -0.2) is 4.18 Å². The molecule has 0 aliphatic carbocycles. The Bertz CT molecular complexity index is 572. The average molecular weight is 284 g/mol. The molecule has 19 heavy (non-hydrogen) atoms. The predicted octanol–water partition coefficient (Wildman–Crippen LogP) is 1.77. The average Bonchev–Trinajstić information content (AvgIpc) is 2.30. The maximum absolute atomic E-state index is 10.5. The van der Waals surface area contributed by atoms with Crippen molar-refractivity contribution in [1.29, 1.82) is 5.26 Å². The zero-order valence-corrected chi connectivity index (χ0v) is 11.9. The summed E-state index contributed by atoms with van der Waals surface area (Å²) in [5.74, 6) is 0. The molecule has 0 bridgehead atoms. The van der Waals surface area contributed by atoms with Crippen molar-refractivity contribution in [2.24, 2.45) is 0 Å². The van der Waals surface area contributed by atoms with E-state index < -0.39 is 10.4 Å². The van der Waals surface area contributed by atoms with Crippen LogP contribution in [0, 0.1) is 11.3 Å². The Morgan fingerprint density at radius 3 is 2.37 bits per heavy atom. The first-order valence-corrected chi connectivity index (χ1v) is 6.98. The fourth-order valence-electron chi connectivity index (χ4n) is 1.79. The van der Waals surface area contributed by atoms with E-state index in [0.29, 0.717) is 12.1 Å². The van der Waals surface area contributed by atoms with Crippen LogP contribution in [-0.4, -0.2) is 31.0 Å². The molecular formula is C12H16N2O4S. The van der Waals surface area contributed by atoms with Gasteiger partial charge in [0.05, 0.1) is 12.7 Å². The van der Waals surface area contributed by atoms with Gasteiger partial charge in [-0.15, -0.1) is 0 Å². The fourth-order valence-corrected chi connectivity index (χ4v) is 2.08. The normalized spacial score (nSPS) is 15.7. The van der Waals surface area contributed by atoms with Crippen LogP contribution in [0.15, 0.2) is 34.7 Å². The SMILES string of the molecule is CC1=CC(=C(C)C#N)C=C(C)N1CCOS(=O)(=O)O. The van der Waals surface area contributed by atoms with Crippen molar-refractivity contribution in [2.45, 2.75) is 20.8 Å². The summed E-state index contributed by atoms with van der Waals surface area (Å²) >= 11 is 0. The minimum Gasteiger partial charge on any atom is -0.347 e. The van der Waals surface area contributed by atoms with Gasteiger partial charge in [0.1, 0.15) is 0 Å². The van der Waals surface area contributed by atoms with Gasteiger partial charge in [-0.1, -0.05) is 0 Å². The molecule has 0 aromatic heterocycles. The topological polar surface area (TPSA) is 90.6 Å². The van der Waals surface area contributed by atoms with Crippen molar-refractivity contribution >= 4 is 10.4 Å². The van der Waals surface area contributed by atoms with E-state index in [9.17, 15) is 8.42 Å². The molecule has 0 fully saturated rings. The van der Waals surface area contributed by atoms with Crippen LogP contribution in [0.1, 0.15) is 20.8 Å². The van der Waals surface area contributed by atoms with Gasteiger partial charge in [0.25, 0.3) is 0 Å². The summed E-state index contributed by atoms with van der Waals surface area (Å²) in [5, 5.41) is 8.86. The molecule has 7 heteroatoms. The second-order valence-corrected chi connectivity index (χ2v) is 5.26. The van der Waals surface area contributed by atoms with E-state index in [2.05, 4.69) is 10.3 Å². The van der Waals surface area contributed by atoms with Crippen LogP contribution in [0.3, 0.4) is 0 Å². The summed E-state index contributed by atoms with van der Waals surface area (Å²) in [4.78, 5) is 1.85. The van der Waals surface area contributed by atoms with Gasteiger partial charge < -0.3 is 4.90 Å². The molecule has 1 N–H and O–H groups in total. The third-order valence-electron chi connectivity index (χ3n) is 2.73. The number of hydrogen-bond acceptors (Lipinski definition) is 5. The largest absolute Gasteiger partial charge is 0.397 e. The molecule has 0 spiro atoms. The molecule has 1 aliphatic rings. The van der Waals surface area contributed by atoms with Crippen molar-refractivity contribution in [3.05, 3.63) is 34.7 Å². The first-order valence-electron chi connectivity index (χ1n) is 5.61. The predicted molar refractivity (Wildman–Crippen MR) is 70.0 cm³/mol. The third kappa shape index (κ3) is 4.52. The molecule has 0 unspecified atom stereocenters. The molecular weight excluding hydrogens is 268 g/mol. The minimum atomic E-state index is -4.41. The molecule has 0 atom stereocenters.